The molecular formula is C26H29N2+. The first-order valence-corrected chi connectivity index (χ1v) is 9.98. The van der Waals surface area contributed by atoms with Crippen LogP contribution in [0.5, 0.6) is 0 Å². The van der Waals surface area contributed by atoms with Crippen molar-refractivity contribution in [2.24, 2.45) is 0 Å². The van der Waals surface area contributed by atoms with Crippen molar-refractivity contribution in [3.8, 4) is 0 Å². The molecule has 28 heavy (non-hydrogen) atoms. The van der Waals surface area contributed by atoms with E-state index in [1.807, 2.05) is 6.08 Å². The van der Waals surface area contributed by atoms with Crippen molar-refractivity contribution in [3.05, 3.63) is 96.3 Å². The summed E-state index contributed by atoms with van der Waals surface area (Å²) in [5.74, 6) is 0. The predicted molar refractivity (Wildman–Crippen MR) is 122 cm³/mol. The maximum absolute atomic E-state index is 3.83. The average Bonchev–Trinajstić information content (AvgIpc) is 2.77. The van der Waals surface area contributed by atoms with Gasteiger partial charge in [0.05, 0.1) is 0 Å². The summed E-state index contributed by atoms with van der Waals surface area (Å²) in [6.45, 7) is 12.2. The topological polar surface area (TPSA) is 7.12 Å². The molecule has 3 aromatic rings. The first-order chi connectivity index (χ1) is 13.7. The van der Waals surface area contributed by atoms with Crippen molar-refractivity contribution in [3.63, 3.8) is 0 Å². The van der Waals surface area contributed by atoms with Crippen molar-refractivity contribution < 1.29 is 4.57 Å². The molecule has 0 bridgehead atoms. The van der Waals surface area contributed by atoms with Gasteiger partial charge in [0.15, 0.2) is 0 Å². The van der Waals surface area contributed by atoms with Crippen molar-refractivity contribution in [2.45, 2.75) is 27.3 Å². The van der Waals surface area contributed by atoms with Crippen LogP contribution in [0.1, 0.15) is 32.0 Å². The van der Waals surface area contributed by atoms with Gasteiger partial charge in [0.25, 0.3) is 0 Å². The van der Waals surface area contributed by atoms with Crippen LogP contribution >= 0.6 is 0 Å². The predicted octanol–water partition coefficient (Wildman–Crippen LogP) is 6.23. The van der Waals surface area contributed by atoms with Crippen molar-refractivity contribution >= 4 is 28.7 Å². The third kappa shape index (κ3) is 3.91. The number of aryl methyl sites for hydroxylation is 1. The number of fused-ring (bicyclic) bond motifs is 2. The second-order valence-corrected chi connectivity index (χ2v) is 6.62. The highest BCUT2D eigenvalue weighted by molar-refractivity contribution is 5.76. The van der Waals surface area contributed by atoms with Gasteiger partial charge in [0.2, 0.25) is 11.2 Å². The first-order valence-electron chi connectivity index (χ1n) is 9.98. The van der Waals surface area contributed by atoms with Gasteiger partial charge >= 0.3 is 0 Å². The fraction of sp³-hybridized carbons (Fsp3) is 0.192. The molecule has 2 heterocycles. The standard InChI is InChI=1S/C13H15N.C13H14N/c2*1-3-12-10-9-11-7-5-6-8-13(11)14(12)4-2/h3,5-10H,4H2,1-2H3;3,5-10H,1,4H2,2H3/q;+1/b12-3+;. The van der Waals surface area contributed by atoms with Crippen LogP contribution in [-0.4, -0.2) is 6.54 Å². The smallest absolute Gasteiger partial charge is 0.212 e. The van der Waals surface area contributed by atoms with Crippen molar-refractivity contribution in [1.82, 2.24) is 0 Å². The number of benzene rings is 2. The van der Waals surface area contributed by atoms with Crippen molar-refractivity contribution in [1.29, 1.82) is 0 Å². The summed E-state index contributed by atoms with van der Waals surface area (Å²) in [4.78, 5) is 2.33. The Morgan fingerprint density at radius 2 is 1.68 bits per heavy atom. The van der Waals surface area contributed by atoms with Gasteiger partial charge in [-0.05, 0) is 50.6 Å². The molecule has 1 aliphatic rings. The third-order valence-electron chi connectivity index (χ3n) is 5.08. The van der Waals surface area contributed by atoms with Crippen LogP contribution in [-0.2, 0) is 6.54 Å². The lowest BCUT2D eigenvalue weighted by atomic mass is 10.1. The minimum absolute atomic E-state index is 0.975. The summed E-state index contributed by atoms with van der Waals surface area (Å²) < 4.78 is 2.27. The molecule has 1 aromatic heterocycles. The highest BCUT2D eigenvalue weighted by Gasteiger charge is 2.13. The lowest BCUT2D eigenvalue weighted by Gasteiger charge is -2.29. The van der Waals surface area contributed by atoms with Crippen LogP contribution in [0.2, 0.25) is 0 Å². The van der Waals surface area contributed by atoms with Crippen LogP contribution in [0.15, 0.2) is 85.1 Å². The number of pyridine rings is 1. The zero-order chi connectivity index (χ0) is 19.9. The Morgan fingerprint density at radius 3 is 2.39 bits per heavy atom. The number of hydrogen-bond donors (Lipinski definition) is 0. The maximum atomic E-state index is 3.83. The molecule has 2 heteroatoms. The number of allylic oxidation sites excluding steroid dienone is 2. The van der Waals surface area contributed by atoms with Crippen LogP contribution in [0.3, 0.4) is 0 Å². The molecule has 2 aromatic carbocycles. The molecule has 0 spiro atoms. The molecular weight excluding hydrogens is 340 g/mol. The molecule has 0 saturated heterocycles. The molecule has 142 valence electrons. The van der Waals surface area contributed by atoms with Gasteiger partial charge in [-0.2, -0.15) is 4.57 Å². The number of para-hydroxylation sites is 2. The van der Waals surface area contributed by atoms with E-state index in [4.69, 9.17) is 0 Å². The zero-order valence-corrected chi connectivity index (χ0v) is 17.1. The monoisotopic (exact) mass is 369 g/mol. The molecule has 4 rings (SSSR count). The van der Waals surface area contributed by atoms with Gasteiger partial charge in [-0.3, -0.25) is 0 Å². The van der Waals surface area contributed by atoms with E-state index in [0.29, 0.717) is 0 Å². The van der Waals surface area contributed by atoms with Crippen LogP contribution in [0.4, 0.5) is 5.69 Å². The van der Waals surface area contributed by atoms with Gasteiger partial charge in [-0.25, -0.2) is 0 Å². The molecule has 0 N–H and O–H groups in total. The van der Waals surface area contributed by atoms with Crippen LogP contribution in [0, 0.1) is 0 Å². The lowest BCUT2D eigenvalue weighted by molar-refractivity contribution is -0.669. The summed E-state index contributed by atoms with van der Waals surface area (Å²) in [6.07, 6.45) is 8.40. The molecule has 0 amide bonds. The number of hydrogen-bond acceptors (Lipinski definition) is 1. The van der Waals surface area contributed by atoms with E-state index in [2.05, 4.69) is 116 Å². The Morgan fingerprint density at radius 1 is 0.929 bits per heavy atom. The summed E-state index contributed by atoms with van der Waals surface area (Å²) >= 11 is 0. The third-order valence-corrected chi connectivity index (χ3v) is 5.08. The van der Waals surface area contributed by atoms with E-state index in [-0.39, 0.29) is 0 Å². The maximum Gasteiger partial charge on any atom is 0.212 e. The molecule has 2 nitrogen and oxygen atoms in total. The molecule has 0 radical (unpaired) electrons. The minimum atomic E-state index is 0.975. The number of anilines is 1. The number of likely N-dealkylation sites (N-methyl/N-ethyl adjacent to an activating group) is 1. The Bertz CT molecular complexity index is 1030. The molecule has 0 atom stereocenters. The molecule has 0 saturated carbocycles. The highest BCUT2D eigenvalue weighted by Crippen LogP contribution is 2.29. The number of rotatable bonds is 3. The van der Waals surface area contributed by atoms with Crippen LogP contribution in [0.25, 0.3) is 23.1 Å². The van der Waals surface area contributed by atoms with Gasteiger partial charge in [0.1, 0.15) is 6.54 Å². The normalized spacial score (nSPS) is 13.8. The lowest BCUT2D eigenvalue weighted by Crippen LogP contribution is -2.36. The van der Waals surface area contributed by atoms with E-state index in [9.17, 15) is 0 Å². The SMILES string of the molecule is C/C=C1\C=Cc2ccccc2N1CC.C=Cc1ccc2ccccc2[n+]1CC. The summed E-state index contributed by atoms with van der Waals surface area (Å²) in [6, 6.07) is 21.2. The van der Waals surface area contributed by atoms with Gasteiger partial charge in [-0.1, -0.05) is 49.1 Å². The van der Waals surface area contributed by atoms with Gasteiger partial charge in [0, 0.05) is 41.5 Å². The number of aromatic nitrogens is 1. The average molecular weight is 370 g/mol. The van der Waals surface area contributed by atoms with E-state index >= 15 is 0 Å². The zero-order valence-electron chi connectivity index (χ0n) is 17.1. The van der Waals surface area contributed by atoms with Gasteiger partial charge < -0.3 is 4.90 Å². The minimum Gasteiger partial charge on any atom is -0.342 e. The summed E-state index contributed by atoms with van der Waals surface area (Å²) in [7, 11) is 0. The highest BCUT2D eigenvalue weighted by atomic mass is 15.1. The largest absolute Gasteiger partial charge is 0.342 e. The van der Waals surface area contributed by atoms with Gasteiger partial charge in [-0.15, -0.1) is 0 Å². The van der Waals surface area contributed by atoms with E-state index in [0.717, 1.165) is 13.1 Å². The Labute approximate surface area is 168 Å². The summed E-state index contributed by atoms with van der Waals surface area (Å²) in [5.41, 5.74) is 6.34. The van der Waals surface area contributed by atoms with Crippen LogP contribution < -0.4 is 9.47 Å². The molecule has 0 fully saturated rings. The second kappa shape index (κ2) is 9.18. The van der Waals surface area contributed by atoms with E-state index in [1.165, 1.54) is 33.5 Å². The van der Waals surface area contributed by atoms with E-state index < -0.39 is 0 Å². The quantitative estimate of drug-likeness (QED) is 0.496. The summed E-state index contributed by atoms with van der Waals surface area (Å²) in [5, 5.41) is 1.28. The first kappa shape index (κ1) is 19.6. The Balaban J connectivity index is 0.000000161. The fourth-order valence-corrected chi connectivity index (χ4v) is 3.69. The fourth-order valence-electron chi connectivity index (χ4n) is 3.69. The second-order valence-electron chi connectivity index (χ2n) is 6.62. The number of nitrogens with zero attached hydrogens (tertiary/aromatic N) is 2. The Kier molecular flexibility index (Phi) is 6.44. The van der Waals surface area contributed by atoms with E-state index in [1.54, 1.807) is 0 Å². The molecule has 0 unspecified atom stereocenters. The molecule has 0 aliphatic carbocycles. The molecule has 1 aliphatic heterocycles. The van der Waals surface area contributed by atoms with Crippen molar-refractivity contribution in [2.75, 3.05) is 11.4 Å². The Hall–Kier alpha value is -3.13.